The average molecular weight is 555 g/mol. The lowest BCUT2D eigenvalue weighted by Gasteiger charge is -2.39. The Morgan fingerprint density at radius 1 is 0.925 bits per heavy atom. The van der Waals surface area contributed by atoms with Crippen molar-refractivity contribution >= 4 is 17.7 Å². The summed E-state index contributed by atoms with van der Waals surface area (Å²) in [5.41, 5.74) is -0.432. The molecule has 0 bridgehead atoms. The SMILES string of the molecule is CC(C)CC1(O)CCN(C(=O)Nc2cc(Oc3ccc(F)cc3)cc(Oc3ccc(CC(=O)O)c(F)c3)c2)CC1. The van der Waals surface area contributed by atoms with Crippen LogP contribution < -0.4 is 14.8 Å². The number of nitrogens with zero attached hydrogens (tertiary/aromatic N) is 1. The first-order valence-corrected chi connectivity index (χ1v) is 13.0. The van der Waals surface area contributed by atoms with E-state index in [0.717, 1.165) is 6.07 Å². The lowest BCUT2D eigenvalue weighted by molar-refractivity contribution is -0.136. The zero-order valence-corrected chi connectivity index (χ0v) is 22.3. The molecule has 0 unspecified atom stereocenters. The highest BCUT2D eigenvalue weighted by atomic mass is 19.1. The molecule has 1 heterocycles. The summed E-state index contributed by atoms with van der Waals surface area (Å²) >= 11 is 0. The van der Waals surface area contributed by atoms with E-state index in [1.807, 2.05) is 0 Å². The predicted molar refractivity (Wildman–Crippen MR) is 145 cm³/mol. The monoisotopic (exact) mass is 554 g/mol. The van der Waals surface area contributed by atoms with Gasteiger partial charge in [0.25, 0.3) is 0 Å². The molecule has 0 radical (unpaired) electrons. The number of hydrogen-bond acceptors (Lipinski definition) is 5. The molecule has 40 heavy (non-hydrogen) atoms. The van der Waals surface area contributed by atoms with Crippen molar-refractivity contribution < 1.29 is 38.1 Å². The summed E-state index contributed by atoms with van der Waals surface area (Å²) in [4.78, 5) is 25.6. The lowest BCUT2D eigenvalue weighted by atomic mass is 9.84. The van der Waals surface area contributed by atoms with Gasteiger partial charge >= 0.3 is 12.0 Å². The number of halogens is 2. The molecule has 1 saturated heterocycles. The molecule has 10 heteroatoms. The maximum Gasteiger partial charge on any atom is 0.321 e. The van der Waals surface area contributed by atoms with Crippen molar-refractivity contribution in [3.63, 3.8) is 0 Å². The van der Waals surface area contributed by atoms with E-state index in [9.17, 15) is 23.5 Å². The Balaban J connectivity index is 1.53. The lowest BCUT2D eigenvalue weighted by Crippen LogP contribution is -2.48. The van der Waals surface area contributed by atoms with E-state index < -0.39 is 29.6 Å². The second kappa shape index (κ2) is 12.3. The van der Waals surface area contributed by atoms with Crippen LogP contribution in [0.4, 0.5) is 19.3 Å². The molecule has 0 saturated carbocycles. The molecule has 0 spiro atoms. The number of ether oxygens (including phenoxy) is 2. The van der Waals surface area contributed by atoms with E-state index in [4.69, 9.17) is 14.6 Å². The zero-order valence-electron chi connectivity index (χ0n) is 22.3. The van der Waals surface area contributed by atoms with Gasteiger partial charge in [-0.15, -0.1) is 0 Å². The van der Waals surface area contributed by atoms with Gasteiger partial charge in [0, 0.05) is 43.0 Å². The third-order valence-corrected chi connectivity index (χ3v) is 6.55. The van der Waals surface area contributed by atoms with Gasteiger partial charge in [-0.1, -0.05) is 19.9 Å². The number of rotatable bonds is 9. The Morgan fingerprint density at radius 3 is 2.10 bits per heavy atom. The van der Waals surface area contributed by atoms with Crippen LogP contribution in [-0.4, -0.2) is 45.8 Å². The van der Waals surface area contributed by atoms with E-state index >= 15 is 0 Å². The van der Waals surface area contributed by atoms with Gasteiger partial charge in [-0.3, -0.25) is 4.79 Å². The minimum Gasteiger partial charge on any atom is -0.481 e. The third-order valence-electron chi connectivity index (χ3n) is 6.55. The van der Waals surface area contributed by atoms with Gasteiger partial charge in [0.1, 0.15) is 34.6 Å². The van der Waals surface area contributed by atoms with E-state index in [-0.39, 0.29) is 28.8 Å². The first-order chi connectivity index (χ1) is 19.0. The number of aliphatic carboxylic acids is 1. The Labute approximate surface area is 231 Å². The van der Waals surface area contributed by atoms with Crippen molar-refractivity contribution in [2.24, 2.45) is 5.92 Å². The summed E-state index contributed by atoms with van der Waals surface area (Å²) in [5, 5.41) is 22.6. The smallest absolute Gasteiger partial charge is 0.321 e. The highest BCUT2D eigenvalue weighted by molar-refractivity contribution is 5.90. The van der Waals surface area contributed by atoms with Crippen LogP contribution in [0.25, 0.3) is 0 Å². The van der Waals surface area contributed by atoms with E-state index in [0.29, 0.717) is 49.7 Å². The molecule has 8 nitrogen and oxygen atoms in total. The van der Waals surface area contributed by atoms with Gasteiger partial charge in [-0.2, -0.15) is 0 Å². The van der Waals surface area contributed by atoms with Gasteiger partial charge < -0.3 is 29.9 Å². The first kappa shape index (κ1) is 28.8. The fraction of sp³-hybridized carbons (Fsp3) is 0.333. The number of carboxylic acids is 1. The number of carbonyl (C=O) groups excluding carboxylic acids is 1. The first-order valence-electron chi connectivity index (χ1n) is 13.0. The Morgan fingerprint density at radius 2 is 1.52 bits per heavy atom. The topological polar surface area (TPSA) is 108 Å². The zero-order chi connectivity index (χ0) is 28.9. The number of hydrogen-bond donors (Lipinski definition) is 3. The van der Waals surface area contributed by atoms with Crippen LogP contribution in [0.2, 0.25) is 0 Å². The maximum absolute atomic E-state index is 14.4. The molecular formula is C30H32F2N2O6. The fourth-order valence-corrected chi connectivity index (χ4v) is 4.73. The average Bonchev–Trinajstić information content (AvgIpc) is 2.86. The molecule has 1 aliphatic heterocycles. The predicted octanol–water partition coefficient (Wildman–Crippen LogP) is 6.58. The maximum atomic E-state index is 14.4. The third kappa shape index (κ3) is 7.92. The van der Waals surface area contributed by atoms with Crippen LogP contribution >= 0.6 is 0 Å². The molecule has 1 fully saturated rings. The van der Waals surface area contributed by atoms with Crippen molar-refractivity contribution in [3.05, 3.63) is 77.9 Å². The van der Waals surface area contributed by atoms with E-state index in [2.05, 4.69) is 19.2 Å². The van der Waals surface area contributed by atoms with Gasteiger partial charge in [0.05, 0.1) is 12.0 Å². The van der Waals surface area contributed by atoms with Gasteiger partial charge in [0.2, 0.25) is 0 Å². The van der Waals surface area contributed by atoms with Gasteiger partial charge in [-0.05, 0) is 61.1 Å². The van der Waals surface area contributed by atoms with Gasteiger partial charge in [0.15, 0.2) is 0 Å². The summed E-state index contributed by atoms with van der Waals surface area (Å²) in [6.45, 7) is 4.89. The Bertz CT molecular complexity index is 1350. The van der Waals surface area contributed by atoms with Crippen molar-refractivity contribution in [1.82, 2.24) is 4.90 Å². The molecule has 0 atom stereocenters. The van der Waals surface area contributed by atoms with Crippen LogP contribution in [0.15, 0.2) is 60.7 Å². The molecule has 212 valence electrons. The molecule has 1 aliphatic rings. The molecule has 0 aromatic heterocycles. The number of nitrogens with one attached hydrogen (secondary N) is 1. The minimum atomic E-state index is -1.16. The number of anilines is 1. The minimum absolute atomic E-state index is 0.0167. The molecule has 3 aromatic carbocycles. The van der Waals surface area contributed by atoms with Crippen molar-refractivity contribution in [2.75, 3.05) is 18.4 Å². The molecule has 4 rings (SSSR count). The number of aliphatic hydroxyl groups is 1. The number of benzene rings is 3. The number of carbonyl (C=O) groups is 2. The molecule has 3 N–H and O–H groups in total. The number of carboxylic acid groups (broad SMARTS) is 1. The summed E-state index contributed by atoms with van der Waals surface area (Å²) in [6, 6.07) is 13.5. The fourth-order valence-electron chi connectivity index (χ4n) is 4.73. The summed E-state index contributed by atoms with van der Waals surface area (Å²) in [7, 11) is 0. The van der Waals surface area contributed by atoms with Crippen molar-refractivity contribution in [2.45, 2.75) is 45.1 Å². The molecule has 2 amide bonds. The van der Waals surface area contributed by atoms with Crippen molar-refractivity contribution in [3.8, 4) is 23.0 Å². The van der Waals surface area contributed by atoms with Crippen LogP contribution in [-0.2, 0) is 11.2 Å². The van der Waals surface area contributed by atoms with E-state index in [1.54, 1.807) is 11.0 Å². The number of amides is 2. The largest absolute Gasteiger partial charge is 0.481 e. The normalized spacial score (nSPS) is 14.6. The second-order valence-corrected chi connectivity index (χ2v) is 10.4. The van der Waals surface area contributed by atoms with Gasteiger partial charge in [-0.25, -0.2) is 13.6 Å². The van der Waals surface area contributed by atoms with Crippen LogP contribution in [0.3, 0.4) is 0 Å². The Kier molecular flexibility index (Phi) is 8.89. The van der Waals surface area contributed by atoms with Crippen LogP contribution in [0, 0.1) is 17.6 Å². The molecule has 0 aliphatic carbocycles. The Hall–Kier alpha value is -4.18. The molecular weight excluding hydrogens is 522 g/mol. The quantitative estimate of drug-likeness (QED) is 0.276. The standard InChI is InChI=1S/C30H32F2N2O6/c1-19(2)18-30(38)9-11-34(12-10-30)29(37)33-22-14-25(39-23-7-4-21(31)5-8-23)16-26(15-22)40-24-6-3-20(13-28(35)36)27(32)17-24/h3-8,14-17,19,38H,9-13,18H2,1-2H3,(H,33,37)(H,35,36). The summed E-state index contributed by atoms with van der Waals surface area (Å²) in [5.74, 6) is -1.02. The number of piperidine rings is 1. The summed E-state index contributed by atoms with van der Waals surface area (Å²) in [6.07, 6.45) is 1.16. The number of urea groups is 1. The highest BCUT2D eigenvalue weighted by Gasteiger charge is 2.34. The van der Waals surface area contributed by atoms with Crippen molar-refractivity contribution in [1.29, 1.82) is 0 Å². The highest BCUT2D eigenvalue weighted by Crippen LogP contribution is 2.34. The van der Waals surface area contributed by atoms with Crippen LogP contribution in [0.1, 0.15) is 38.7 Å². The number of likely N-dealkylation sites (tertiary alicyclic amines) is 1. The molecule has 3 aromatic rings. The summed E-state index contributed by atoms with van der Waals surface area (Å²) < 4.78 is 39.4. The second-order valence-electron chi connectivity index (χ2n) is 10.4. The van der Waals surface area contributed by atoms with Crippen LogP contribution in [0.5, 0.6) is 23.0 Å². The van der Waals surface area contributed by atoms with E-state index in [1.165, 1.54) is 48.5 Å².